The Morgan fingerprint density at radius 2 is 1.36 bits per heavy atom. The van der Waals surface area contributed by atoms with E-state index in [0.29, 0.717) is 12.1 Å². The quantitative estimate of drug-likeness (QED) is 0.766. The SMILES string of the molecule is C[C@@H]1C[P+](Cc2ccccc2)(c2ccccc2)C[C@H](C)N1C. The van der Waals surface area contributed by atoms with Crippen molar-refractivity contribution in [2.45, 2.75) is 32.1 Å². The van der Waals surface area contributed by atoms with Gasteiger partial charge in [-0.25, -0.2) is 0 Å². The lowest BCUT2D eigenvalue weighted by Crippen LogP contribution is -2.49. The van der Waals surface area contributed by atoms with E-state index in [1.165, 1.54) is 24.0 Å². The second-order valence-electron chi connectivity index (χ2n) is 6.85. The summed E-state index contributed by atoms with van der Waals surface area (Å²) in [6.45, 7) is 4.80. The molecule has 1 saturated heterocycles. The van der Waals surface area contributed by atoms with E-state index in [0.717, 1.165) is 0 Å². The van der Waals surface area contributed by atoms with Crippen LogP contribution in [0.2, 0.25) is 0 Å². The minimum absolute atomic E-state index is 0.668. The maximum absolute atomic E-state index is 2.56. The fourth-order valence-corrected chi connectivity index (χ4v) is 9.15. The Kier molecular flexibility index (Phi) is 4.66. The molecule has 2 aromatic carbocycles. The maximum Gasteiger partial charge on any atom is 0.0944 e. The average molecular weight is 312 g/mol. The van der Waals surface area contributed by atoms with Crippen molar-refractivity contribution in [3.8, 4) is 0 Å². The smallest absolute Gasteiger partial charge is 0.0944 e. The van der Waals surface area contributed by atoms with Gasteiger partial charge in [-0.15, -0.1) is 0 Å². The molecule has 0 amide bonds. The Morgan fingerprint density at radius 1 is 0.864 bits per heavy atom. The first-order valence-corrected chi connectivity index (χ1v) is 10.6. The van der Waals surface area contributed by atoms with Crippen LogP contribution in [-0.2, 0) is 6.16 Å². The van der Waals surface area contributed by atoms with Gasteiger partial charge in [0.25, 0.3) is 0 Å². The highest BCUT2D eigenvalue weighted by Gasteiger charge is 2.48. The predicted octanol–water partition coefficient (Wildman–Crippen LogP) is 4.25. The van der Waals surface area contributed by atoms with Crippen LogP contribution in [0.1, 0.15) is 19.4 Å². The van der Waals surface area contributed by atoms with Gasteiger partial charge in [-0.3, -0.25) is 4.90 Å². The topological polar surface area (TPSA) is 3.24 Å². The molecule has 0 aliphatic carbocycles. The summed E-state index contributed by atoms with van der Waals surface area (Å²) in [6, 6.07) is 23.8. The van der Waals surface area contributed by atoms with Gasteiger partial charge in [0.05, 0.1) is 31.1 Å². The first kappa shape index (κ1) is 15.7. The highest BCUT2D eigenvalue weighted by atomic mass is 31.2. The fraction of sp³-hybridized carbons (Fsp3) is 0.400. The van der Waals surface area contributed by atoms with Crippen molar-refractivity contribution >= 4 is 12.6 Å². The van der Waals surface area contributed by atoms with Crippen LogP contribution in [0.5, 0.6) is 0 Å². The third kappa shape index (κ3) is 3.12. The van der Waals surface area contributed by atoms with Gasteiger partial charge in [-0.1, -0.05) is 48.5 Å². The van der Waals surface area contributed by atoms with E-state index in [4.69, 9.17) is 0 Å². The average Bonchev–Trinajstić information content (AvgIpc) is 2.54. The molecule has 3 rings (SSSR count). The molecule has 1 aliphatic heterocycles. The molecule has 116 valence electrons. The number of benzene rings is 2. The van der Waals surface area contributed by atoms with Gasteiger partial charge in [0.1, 0.15) is 0 Å². The van der Waals surface area contributed by atoms with E-state index in [2.05, 4.69) is 86.5 Å². The molecule has 2 heteroatoms. The fourth-order valence-electron chi connectivity index (χ4n) is 3.89. The van der Waals surface area contributed by atoms with E-state index in [-0.39, 0.29) is 0 Å². The van der Waals surface area contributed by atoms with Gasteiger partial charge in [0, 0.05) is 12.1 Å². The lowest BCUT2D eigenvalue weighted by molar-refractivity contribution is 0.216. The first-order chi connectivity index (χ1) is 10.6. The summed E-state index contributed by atoms with van der Waals surface area (Å²) in [5, 5.41) is 1.62. The molecule has 3 atom stereocenters. The van der Waals surface area contributed by atoms with Crippen LogP contribution in [0.3, 0.4) is 0 Å². The molecule has 1 unspecified atom stereocenters. The normalized spacial score (nSPS) is 29.4. The standard InChI is InChI=1S/C20H27NP/c1-17-14-22(15-18(2)21(17)3,20-12-8-5-9-13-20)16-19-10-6-4-7-11-19/h4-13,17-18H,14-16H2,1-3H3/q+1/t17-,18+,22?. The van der Waals surface area contributed by atoms with Crippen molar-refractivity contribution < 1.29 is 0 Å². The monoisotopic (exact) mass is 312 g/mol. The van der Waals surface area contributed by atoms with Gasteiger partial charge >= 0.3 is 0 Å². The van der Waals surface area contributed by atoms with Crippen molar-refractivity contribution in [2.24, 2.45) is 0 Å². The molecule has 2 aromatic rings. The molecule has 0 radical (unpaired) electrons. The van der Waals surface area contributed by atoms with Gasteiger partial charge < -0.3 is 0 Å². The molecule has 0 spiro atoms. The molecule has 0 aromatic heterocycles. The van der Waals surface area contributed by atoms with Gasteiger partial charge in [0.15, 0.2) is 0 Å². The van der Waals surface area contributed by atoms with Gasteiger partial charge in [-0.05, 0) is 38.6 Å². The third-order valence-electron chi connectivity index (χ3n) is 5.25. The van der Waals surface area contributed by atoms with Crippen molar-refractivity contribution in [3.05, 3.63) is 66.2 Å². The van der Waals surface area contributed by atoms with E-state index < -0.39 is 7.26 Å². The molecule has 0 bridgehead atoms. The predicted molar refractivity (Wildman–Crippen MR) is 99.6 cm³/mol. The Balaban J connectivity index is 1.99. The number of rotatable bonds is 3. The Morgan fingerprint density at radius 3 is 1.91 bits per heavy atom. The summed E-state index contributed by atoms with van der Waals surface area (Å²) in [6.07, 6.45) is 3.93. The zero-order chi connectivity index (χ0) is 15.6. The second kappa shape index (κ2) is 6.52. The van der Waals surface area contributed by atoms with Crippen molar-refractivity contribution in [1.29, 1.82) is 0 Å². The van der Waals surface area contributed by atoms with Crippen LogP contribution in [-0.4, -0.2) is 36.4 Å². The zero-order valence-electron chi connectivity index (χ0n) is 13.9. The summed E-state index contributed by atoms with van der Waals surface area (Å²) >= 11 is 0. The molecule has 1 heterocycles. The minimum Gasteiger partial charge on any atom is -0.294 e. The zero-order valence-corrected chi connectivity index (χ0v) is 14.8. The van der Waals surface area contributed by atoms with E-state index in [9.17, 15) is 0 Å². The second-order valence-corrected chi connectivity index (χ2v) is 10.7. The lowest BCUT2D eigenvalue weighted by atomic mass is 10.2. The Hall–Kier alpha value is -1.17. The molecule has 1 nitrogen and oxygen atoms in total. The van der Waals surface area contributed by atoms with E-state index >= 15 is 0 Å². The van der Waals surface area contributed by atoms with Gasteiger partial charge in [0.2, 0.25) is 0 Å². The van der Waals surface area contributed by atoms with Crippen LogP contribution >= 0.6 is 7.26 Å². The summed E-state index contributed by atoms with van der Waals surface area (Å²) in [4.78, 5) is 2.56. The third-order valence-corrected chi connectivity index (χ3v) is 10.1. The number of hydrogen-bond donors (Lipinski definition) is 0. The molecular formula is C20H27NP+. The summed E-state index contributed by atoms with van der Waals surface area (Å²) < 4.78 is 0. The summed E-state index contributed by atoms with van der Waals surface area (Å²) in [5.74, 6) is 0. The summed E-state index contributed by atoms with van der Waals surface area (Å²) in [5.41, 5.74) is 1.50. The highest BCUT2D eigenvalue weighted by Crippen LogP contribution is 2.63. The molecule has 1 aliphatic rings. The van der Waals surface area contributed by atoms with Crippen LogP contribution in [0.15, 0.2) is 60.7 Å². The van der Waals surface area contributed by atoms with Crippen molar-refractivity contribution in [3.63, 3.8) is 0 Å². The minimum atomic E-state index is -1.16. The van der Waals surface area contributed by atoms with Crippen LogP contribution < -0.4 is 5.30 Å². The van der Waals surface area contributed by atoms with Crippen molar-refractivity contribution in [1.82, 2.24) is 4.90 Å². The van der Waals surface area contributed by atoms with Crippen LogP contribution in [0, 0.1) is 0 Å². The van der Waals surface area contributed by atoms with E-state index in [1.54, 1.807) is 5.30 Å². The molecule has 0 saturated carbocycles. The Labute approximate surface area is 135 Å². The molecular weight excluding hydrogens is 285 g/mol. The van der Waals surface area contributed by atoms with Crippen LogP contribution in [0.25, 0.3) is 0 Å². The highest BCUT2D eigenvalue weighted by molar-refractivity contribution is 7.82. The molecule has 1 fully saturated rings. The lowest BCUT2D eigenvalue weighted by Gasteiger charge is -2.43. The largest absolute Gasteiger partial charge is 0.294 e. The van der Waals surface area contributed by atoms with Gasteiger partial charge in [-0.2, -0.15) is 0 Å². The Bertz CT molecular complexity index is 584. The maximum atomic E-state index is 2.56. The summed E-state index contributed by atoms with van der Waals surface area (Å²) in [7, 11) is 1.13. The molecule has 22 heavy (non-hydrogen) atoms. The van der Waals surface area contributed by atoms with Crippen molar-refractivity contribution in [2.75, 3.05) is 19.4 Å². The first-order valence-electron chi connectivity index (χ1n) is 8.28. The number of nitrogens with zero attached hydrogens (tertiary/aromatic N) is 1. The number of hydrogen-bond acceptors (Lipinski definition) is 1. The van der Waals surface area contributed by atoms with Crippen LogP contribution in [0.4, 0.5) is 0 Å². The van der Waals surface area contributed by atoms with E-state index in [1.807, 2.05) is 0 Å². The molecule has 0 N–H and O–H groups in total.